The molecule has 98 valence electrons. The van der Waals surface area contributed by atoms with Crippen molar-refractivity contribution in [3.05, 3.63) is 65.0 Å². The van der Waals surface area contributed by atoms with Gasteiger partial charge in [0.05, 0.1) is 5.56 Å². The van der Waals surface area contributed by atoms with E-state index in [1.54, 1.807) is 30.3 Å². The summed E-state index contributed by atoms with van der Waals surface area (Å²) in [5.41, 5.74) is 7.90. The number of nitrogen functional groups attached to an aromatic ring is 1. The van der Waals surface area contributed by atoms with Crippen LogP contribution in [0.15, 0.2) is 42.5 Å². The fraction of sp³-hybridized carbons (Fsp3) is 0.133. The summed E-state index contributed by atoms with van der Waals surface area (Å²) in [5.74, 6) is -0.626. The van der Waals surface area contributed by atoms with E-state index in [2.05, 4.69) is 5.32 Å². The van der Waals surface area contributed by atoms with Crippen LogP contribution in [0, 0.1) is 12.7 Å². The van der Waals surface area contributed by atoms with Gasteiger partial charge in [-0.1, -0.05) is 30.3 Å². The Hall–Kier alpha value is -2.36. The van der Waals surface area contributed by atoms with Crippen LogP contribution >= 0.6 is 0 Å². The average Bonchev–Trinajstić information content (AvgIpc) is 2.37. The van der Waals surface area contributed by atoms with Crippen molar-refractivity contribution in [2.24, 2.45) is 0 Å². The molecule has 19 heavy (non-hydrogen) atoms. The van der Waals surface area contributed by atoms with E-state index in [0.29, 0.717) is 16.8 Å². The zero-order valence-electron chi connectivity index (χ0n) is 10.6. The normalized spacial score (nSPS) is 10.2. The Morgan fingerprint density at radius 2 is 1.95 bits per heavy atom. The Morgan fingerprint density at radius 3 is 2.63 bits per heavy atom. The van der Waals surface area contributed by atoms with Crippen LogP contribution in [0.3, 0.4) is 0 Å². The van der Waals surface area contributed by atoms with Crippen LogP contribution in [0.5, 0.6) is 0 Å². The molecule has 0 unspecified atom stereocenters. The predicted molar refractivity (Wildman–Crippen MR) is 73.2 cm³/mol. The second-order valence-electron chi connectivity index (χ2n) is 4.31. The first kappa shape index (κ1) is 13.1. The highest BCUT2D eigenvalue weighted by Gasteiger charge is 2.12. The van der Waals surface area contributed by atoms with Gasteiger partial charge < -0.3 is 11.1 Å². The summed E-state index contributed by atoms with van der Waals surface area (Å²) in [6.45, 7) is 1.95. The number of hydrogen-bond acceptors (Lipinski definition) is 2. The molecule has 1 amide bonds. The Morgan fingerprint density at radius 1 is 1.21 bits per heavy atom. The van der Waals surface area contributed by atoms with Crippen molar-refractivity contribution in [3.63, 3.8) is 0 Å². The van der Waals surface area contributed by atoms with Gasteiger partial charge in [0, 0.05) is 17.8 Å². The van der Waals surface area contributed by atoms with Crippen LogP contribution in [0.2, 0.25) is 0 Å². The van der Waals surface area contributed by atoms with Crippen LogP contribution < -0.4 is 11.1 Å². The largest absolute Gasteiger partial charge is 0.398 e. The molecule has 2 aromatic rings. The van der Waals surface area contributed by atoms with Crippen molar-refractivity contribution in [2.45, 2.75) is 13.5 Å². The summed E-state index contributed by atoms with van der Waals surface area (Å²) >= 11 is 0. The number of hydrogen-bond donors (Lipinski definition) is 2. The third-order valence-electron chi connectivity index (χ3n) is 2.93. The molecule has 0 aliphatic rings. The third-order valence-corrected chi connectivity index (χ3v) is 2.93. The zero-order chi connectivity index (χ0) is 13.8. The maximum absolute atomic E-state index is 13.4. The number of anilines is 1. The molecule has 0 radical (unpaired) electrons. The van der Waals surface area contributed by atoms with Gasteiger partial charge in [0.25, 0.3) is 5.91 Å². The van der Waals surface area contributed by atoms with Gasteiger partial charge in [-0.25, -0.2) is 4.39 Å². The first-order valence-corrected chi connectivity index (χ1v) is 5.96. The molecule has 0 aliphatic heterocycles. The van der Waals surface area contributed by atoms with E-state index in [-0.39, 0.29) is 18.3 Å². The maximum Gasteiger partial charge on any atom is 0.253 e. The smallest absolute Gasteiger partial charge is 0.253 e. The highest BCUT2D eigenvalue weighted by Crippen LogP contribution is 2.16. The molecule has 4 heteroatoms. The Bertz CT molecular complexity index is 591. The number of nitrogens with two attached hydrogens (primary N) is 1. The van der Waals surface area contributed by atoms with E-state index in [4.69, 9.17) is 5.73 Å². The second-order valence-corrected chi connectivity index (χ2v) is 4.31. The molecule has 0 saturated carbocycles. The van der Waals surface area contributed by atoms with Gasteiger partial charge in [-0.05, 0) is 24.6 Å². The predicted octanol–water partition coefficient (Wildman–Crippen LogP) is 2.65. The van der Waals surface area contributed by atoms with E-state index in [1.165, 1.54) is 6.07 Å². The molecule has 0 aliphatic carbocycles. The van der Waals surface area contributed by atoms with Crippen LogP contribution in [0.1, 0.15) is 21.5 Å². The number of amides is 1. The standard InChI is InChI=1S/C15H15FN2O/c1-10-5-4-8-13(17)14(10)15(19)18-9-11-6-2-3-7-12(11)16/h2-8H,9,17H2,1H3,(H,18,19). The van der Waals surface area contributed by atoms with E-state index in [1.807, 2.05) is 13.0 Å². The Kier molecular flexibility index (Phi) is 3.80. The lowest BCUT2D eigenvalue weighted by Crippen LogP contribution is -2.25. The molecule has 0 spiro atoms. The van der Waals surface area contributed by atoms with Crippen molar-refractivity contribution in [1.82, 2.24) is 5.32 Å². The molecule has 3 nitrogen and oxygen atoms in total. The van der Waals surface area contributed by atoms with E-state index < -0.39 is 0 Å². The van der Waals surface area contributed by atoms with Crippen molar-refractivity contribution in [2.75, 3.05) is 5.73 Å². The van der Waals surface area contributed by atoms with E-state index in [0.717, 1.165) is 5.56 Å². The Balaban J connectivity index is 2.13. The number of rotatable bonds is 3. The third kappa shape index (κ3) is 2.91. The summed E-state index contributed by atoms with van der Waals surface area (Å²) in [4.78, 5) is 12.1. The quantitative estimate of drug-likeness (QED) is 0.831. The van der Waals surface area contributed by atoms with Crippen LogP contribution in [-0.2, 0) is 6.54 Å². The summed E-state index contributed by atoms with van der Waals surface area (Å²) in [6.07, 6.45) is 0. The number of nitrogens with one attached hydrogen (secondary N) is 1. The van der Waals surface area contributed by atoms with E-state index >= 15 is 0 Å². The van der Waals surface area contributed by atoms with Crippen LogP contribution in [-0.4, -0.2) is 5.91 Å². The number of aryl methyl sites for hydroxylation is 1. The van der Waals surface area contributed by atoms with Crippen LogP contribution in [0.4, 0.5) is 10.1 Å². The molecule has 0 aromatic heterocycles. The molecule has 0 atom stereocenters. The molecule has 0 fully saturated rings. The molecule has 0 bridgehead atoms. The highest BCUT2D eigenvalue weighted by molar-refractivity contribution is 6.00. The van der Waals surface area contributed by atoms with Crippen molar-refractivity contribution in [1.29, 1.82) is 0 Å². The summed E-state index contributed by atoms with van der Waals surface area (Å²) in [5, 5.41) is 2.68. The van der Waals surface area contributed by atoms with Gasteiger partial charge in [-0.15, -0.1) is 0 Å². The number of benzene rings is 2. The van der Waals surface area contributed by atoms with Crippen LogP contribution in [0.25, 0.3) is 0 Å². The lowest BCUT2D eigenvalue weighted by atomic mass is 10.1. The molecule has 0 heterocycles. The zero-order valence-corrected chi connectivity index (χ0v) is 10.6. The van der Waals surface area contributed by atoms with E-state index in [9.17, 15) is 9.18 Å². The lowest BCUT2D eigenvalue weighted by Gasteiger charge is -2.10. The van der Waals surface area contributed by atoms with Crippen molar-refractivity contribution >= 4 is 11.6 Å². The molecule has 0 saturated heterocycles. The highest BCUT2D eigenvalue weighted by atomic mass is 19.1. The Labute approximate surface area is 111 Å². The van der Waals surface area contributed by atoms with Gasteiger partial charge >= 0.3 is 0 Å². The molecule has 2 rings (SSSR count). The molecule has 2 aromatic carbocycles. The minimum absolute atomic E-state index is 0.138. The van der Waals surface area contributed by atoms with Gasteiger partial charge in [0.1, 0.15) is 5.82 Å². The summed E-state index contributed by atoms with van der Waals surface area (Å²) < 4.78 is 13.4. The minimum Gasteiger partial charge on any atom is -0.398 e. The monoisotopic (exact) mass is 258 g/mol. The number of carbonyl (C=O) groups is 1. The maximum atomic E-state index is 13.4. The van der Waals surface area contributed by atoms with Gasteiger partial charge in [0.15, 0.2) is 0 Å². The fourth-order valence-corrected chi connectivity index (χ4v) is 1.91. The van der Waals surface area contributed by atoms with Gasteiger partial charge in [-0.2, -0.15) is 0 Å². The first-order chi connectivity index (χ1) is 9.09. The topological polar surface area (TPSA) is 55.1 Å². The summed E-state index contributed by atoms with van der Waals surface area (Å²) in [7, 11) is 0. The number of halogens is 1. The molecular formula is C15H15FN2O. The molecule has 3 N–H and O–H groups in total. The molecular weight excluding hydrogens is 243 g/mol. The second kappa shape index (κ2) is 5.52. The number of carbonyl (C=O) groups excluding carboxylic acids is 1. The SMILES string of the molecule is Cc1cccc(N)c1C(=O)NCc1ccccc1F. The summed E-state index contributed by atoms with van der Waals surface area (Å²) in [6, 6.07) is 11.6. The lowest BCUT2D eigenvalue weighted by molar-refractivity contribution is 0.0951. The first-order valence-electron chi connectivity index (χ1n) is 5.96. The minimum atomic E-state index is -0.333. The van der Waals surface area contributed by atoms with Crippen molar-refractivity contribution in [3.8, 4) is 0 Å². The van der Waals surface area contributed by atoms with Gasteiger partial charge in [0.2, 0.25) is 0 Å². The fourth-order valence-electron chi connectivity index (χ4n) is 1.91. The average molecular weight is 258 g/mol. The van der Waals surface area contributed by atoms with Crippen molar-refractivity contribution < 1.29 is 9.18 Å². The van der Waals surface area contributed by atoms with Gasteiger partial charge in [-0.3, -0.25) is 4.79 Å².